The van der Waals surface area contributed by atoms with Crippen molar-refractivity contribution in [1.82, 2.24) is 0 Å². The smallest absolute Gasteiger partial charge is 0.343 e. The van der Waals surface area contributed by atoms with E-state index < -0.39 is 11.8 Å². The van der Waals surface area contributed by atoms with E-state index in [2.05, 4.69) is 6.92 Å². The summed E-state index contributed by atoms with van der Waals surface area (Å²) in [5, 5.41) is 0. The van der Waals surface area contributed by atoms with Crippen molar-refractivity contribution < 1.29 is 23.4 Å². The zero-order valence-electron chi connectivity index (χ0n) is 16.0. The summed E-state index contributed by atoms with van der Waals surface area (Å²) in [6.45, 7) is 2.88. The highest BCUT2D eigenvalue weighted by Crippen LogP contribution is 2.21. The third-order valence-corrected chi connectivity index (χ3v) is 4.19. The molecule has 0 saturated carbocycles. The number of hydrogen-bond donors (Lipinski definition) is 0. The van der Waals surface area contributed by atoms with Gasteiger partial charge in [0, 0.05) is 0 Å². The van der Waals surface area contributed by atoms with E-state index in [0.29, 0.717) is 12.4 Å². The lowest BCUT2D eigenvalue weighted by molar-refractivity contribution is 0.0734. The SMILES string of the molecule is CCCCCCCCOc1ccc(OC(=O)c2ccc(OC)c(F)c2)cc1. The summed E-state index contributed by atoms with van der Waals surface area (Å²) in [7, 11) is 1.37. The first-order chi connectivity index (χ1) is 13.1. The quantitative estimate of drug-likeness (QED) is 0.284. The highest BCUT2D eigenvalue weighted by Gasteiger charge is 2.12. The number of carbonyl (C=O) groups excluding carboxylic acids is 1. The minimum Gasteiger partial charge on any atom is -0.494 e. The van der Waals surface area contributed by atoms with E-state index in [0.717, 1.165) is 18.2 Å². The molecule has 0 aliphatic rings. The van der Waals surface area contributed by atoms with Crippen LogP contribution in [-0.2, 0) is 0 Å². The molecule has 0 aliphatic heterocycles. The number of ether oxygens (including phenoxy) is 3. The number of methoxy groups -OCH3 is 1. The lowest BCUT2D eigenvalue weighted by Gasteiger charge is -2.08. The Labute approximate surface area is 160 Å². The summed E-state index contributed by atoms with van der Waals surface area (Å²) in [4.78, 5) is 12.1. The molecule has 0 radical (unpaired) electrons. The third kappa shape index (κ3) is 6.93. The summed E-state index contributed by atoms with van der Waals surface area (Å²) in [6.07, 6.45) is 7.29. The second-order valence-electron chi connectivity index (χ2n) is 6.33. The number of hydrogen-bond acceptors (Lipinski definition) is 4. The van der Waals surface area contributed by atoms with Crippen LogP contribution in [-0.4, -0.2) is 19.7 Å². The molecule has 0 unspecified atom stereocenters. The number of benzene rings is 2. The maximum Gasteiger partial charge on any atom is 0.343 e. The van der Waals surface area contributed by atoms with Crippen molar-refractivity contribution in [2.45, 2.75) is 45.4 Å². The average Bonchev–Trinajstić information content (AvgIpc) is 2.68. The van der Waals surface area contributed by atoms with Crippen molar-refractivity contribution in [3.8, 4) is 17.2 Å². The Kier molecular flexibility index (Phi) is 8.62. The fraction of sp³-hybridized carbons (Fsp3) is 0.409. The number of carbonyl (C=O) groups is 1. The third-order valence-electron chi connectivity index (χ3n) is 4.19. The van der Waals surface area contributed by atoms with Gasteiger partial charge >= 0.3 is 5.97 Å². The van der Waals surface area contributed by atoms with Gasteiger partial charge in [-0.1, -0.05) is 39.0 Å². The van der Waals surface area contributed by atoms with Gasteiger partial charge in [0.1, 0.15) is 11.5 Å². The Morgan fingerprint density at radius 1 is 0.926 bits per heavy atom. The highest BCUT2D eigenvalue weighted by atomic mass is 19.1. The van der Waals surface area contributed by atoms with E-state index in [1.165, 1.54) is 51.3 Å². The van der Waals surface area contributed by atoms with Gasteiger partial charge in [-0.3, -0.25) is 0 Å². The minimum absolute atomic E-state index is 0.0819. The molecule has 2 aromatic carbocycles. The Balaban J connectivity index is 1.78. The van der Waals surface area contributed by atoms with E-state index >= 15 is 0 Å². The zero-order chi connectivity index (χ0) is 19.5. The standard InChI is InChI=1S/C22H27FO4/c1-3-4-5-6-7-8-15-26-18-10-12-19(13-11-18)27-22(24)17-9-14-21(25-2)20(23)16-17/h9-14,16H,3-8,15H2,1-2H3. The number of rotatable bonds is 11. The molecule has 146 valence electrons. The predicted molar refractivity (Wildman–Crippen MR) is 103 cm³/mol. The molecule has 0 atom stereocenters. The van der Waals surface area contributed by atoms with Crippen molar-refractivity contribution in [1.29, 1.82) is 0 Å². The van der Waals surface area contributed by atoms with Gasteiger partial charge < -0.3 is 14.2 Å². The van der Waals surface area contributed by atoms with E-state index in [1.807, 2.05) is 0 Å². The largest absolute Gasteiger partial charge is 0.494 e. The number of unbranched alkanes of at least 4 members (excludes halogenated alkanes) is 5. The van der Waals surface area contributed by atoms with Gasteiger partial charge in [0.25, 0.3) is 0 Å². The molecule has 0 saturated heterocycles. The van der Waals surface area contributed by atoms with Crippen LogP contribution in [0.5, 0.6) is 17.2 Å². The lowest BCUT2D eigenvalue weighted by Crippen LogP contribution is -2.09. The monoisotopic (exact) mass is 374 g/mol. The summed E-state index contributed by atoms with van der Waals surface area (Å²) < 4.78 is 29.5. The number of esters is 1. The molecule has 0 N–H and O–H groups in total. The van der Waals surface area contributed by atoms with Gasteiger partial charge in [0.05, 0.1) is 19.3 Å². The average molecular weight is 374 g/mol. The molecule has 27 heavy (non-hydrogen) atoms. The van der Waals surface area contributed by atoms with Crippen LogP contribution in [0, 0.1) is 5.82 Å². The van der Waals surface area contributed by atoms with Crippen LogP contribution in [0.25, 0.3) is 0 Å². The van der Waals surface area contributed by atoms with Crippen LogP contribution in [0.3, 0.4) is 0 Å². The number of halogens is 1. The molecule has 4 nitrogen and oxygen atoms in total. The molecule has 0 aromatic heterocycles. The van der Waals surface area contributed by atoms with Crippen molar-refractivity contribution in [3.05, 3.63) is 53.8 Å². The predicted octanol–water partition coefficient (Wildman–Crippen LogP) is 5.79. The van der Waals surface area contributed by atoms with Crippen LogP contribution in [0.4, 0.5) is 4.39 Å². The second kappa shape index (κ2) is 11.2. The Bertz CT molecular complexity index is 713. The van der Waals surface area contributed by atoms with Crippen molar-refractivity contribution >= 4 is 5.97 Å². The van der Waals surface area contributed by atoms with Crippen LogP contribution in [0.2, 0.25) is 0 Å². The normalized spacial score (nSPS) is 10.5. The van der Waals surface area contributed by atoms with Crippen LogP contribution in [0.15, 0.2) is 42.5 Å². The summed E-state index contributed by atoms with van der Waals surface area (Å²) in [6, 6.07) is 10.8. The van der Waals surface area contributed by atoms with Crippen molar-refractivity contribution in [2.75, 3.05) is 13.7 Å². The van der Waals surface area contributed by atoms with E-state index in [4.69, 9.17) is 14.2 Å². The first-order valence-corrected chi connectivity index (χ1v) is 9.42. The minimum atomic E-state index is -0.627. The molecule has 0 heterocycles. The zero-order valence-corrected chi connectivity index (χ0v) is 16.0. The van der Waals surface area contributed by atoms with Crippen LogP contribution < -0.4 is 14.2 Å². The van der Waals surface area contributed by atoms with Gasteiger partial charge in [0.2, 0.25) is 0 Å². The molecule has 0 aliphatic carbocycles. The van der Waals surface area contributed by atoms with E-state index in [-0.39, 0.29) is 11.3 Å². The molecule has 5 heteroatoms. The maximum absolute atomic E-state index is 13.7. The maximum atomic E-state index is 13.7. The molecular weight excluding hydrogens is 347 g/mol. The molecule has 0 fully saturated rings. The summed E-state index contributed by atoms with van der Waals surface area (Å²) >= 11 is 0. The molecule has 0 bridgehead atoms. The molecule has 2 rings (SSSR count). The molecule has 0 spiro atoms. The molecule has 2 aromatic rings. The van der Waals surface area contributed by atoms with E-state index in [1.54, 1.807) is 24.3 Å². The second-order valence-corrected chi connectivity index (χ2v) is 6.33. The Morgan fingerprint density at radius 2 is 1.59 bits per heavy atom. The van der Waals surface area contributed by atoms with Gasteiger partial charge in [-0.2, -0.15) is 0 Å². The Hall–Kier alpha value is -2.56. The summed E-state index contributed by atoms with van der Waals surface area (Å²) in [5.74, 6) is -0.0388. The van der Waals surface area contributed by atoms with Crippen molar-refractivity contribution in [3.63, 3.8) is 0 Å². The first-order valence-electron chi connectivity index (χ1n) is 9.42. The van der Waals surface area contributed by atoms with Gasteiger partial charge in [-0.15, -0.1) is 0 Å². The van der Waals surface area contributed by atoms with E-state index in [9.17, 15) is 9.18 Å². The molecule has 0 amide bonds. The van der Waals surface area contributed by atoms with Gasteiger partial charge in [-0.05, 0) is 48.9 Å². The Morgan fingerprint density at radius 3 is 2.26 bits per heavy atom. The van der Waals surface area contributed by atoms with Crippen molar-refractivity contribution in [2.24, 2.45) is 0 Å². The fourth-order valence-corrected chi connectivity index (χ4v) is 2.64. The van der Waals surface area contributed by atoms with Gasteiger partial charge in [-0.25, -0.2) is 9.18 Å². The first kappa shape index (κ1) is 20.7. The topological polar surface area (TPSA) is 44.8 Å². The fourth-order valence-electron chi connectivity index (χ4n) is 2.64. The highest BCUT2D eigenvalue weighted by molar-refractivity contribution is 5.91. The van der Waals surface area contributed by atoms with Crippen LogP contribution >= 0.6 is 0 Å². The van der Waals surface area contributed by atoms with Crippen LogP contribution in [0.1, 0.15) is 55.8 Å². The molecular formula is C22H27FO4. The lowest BCUT2D eigenvalue weighted by atomic mass is 10.1. The summed E-state index contributed by atoms with van der Waals surface area (Å²) in [5.41, 5.74) is 0.122. The van der Waals surface area contributed by atoms with Gasteiger partial charge in [0.15, 0.2) is 11.6 Å².